The van der Waals surface area contributed by atoms with Crippen LogP contribution in [0.3, 0.4) is 0 Å². The number of nitrogens with one attached hydrogen (secondary N) is 2. The molecule has 0 aliphatic carbocycles. The molecular formula is C12H17ClN2O3S. The normalized spacial score (nSPS) is 11.3. The molecule has 5 nitrogen and oxygen atoms in total. The number of hydrogen-bond acceptors (Lipinski definition) is 4. The van der Waals surface area contributed by atoms with E-state index in [1.54, 1.807) is 19.2 Å². The van der Waals surface area contributed by atoms with Crippen molar-refractivity contribution in [1.82, 2.24) is 10.6 Å². The van der Waals surface area contributed by atoms with Gasteiger partial charge in [-0.25, -0.2) is 8.42 Å². The van der Waals surface area contributed by atoms with E-state index in [9.17, 15) is 13.2 Å². The SMILES string of the molecule is CNC(=O)CCNCc1c(Cl)cccc1S(C)(=O)=O. The standard InChI is InChI=1S/C12H17ClN2O3S/c1-14-12(16)6-7-15-8-9-10(13)4-3-5-11(9)19(2,17)18/h3-5,15H,6-8H2,1-2H3,(H,14,16). The van der Waals surface area contributed by atoms with Crippen molar-refractivity contribution in [3.63, 3.8) is 0 Å². The zero-order chi connectivity index (χ0) is 14.5. The Morgan fingerprint density at radius 3 is 2.63 bits per heavy atom. The average molecular weight is 305 g/mol. The van der Waals surface area contributed by atoms with Gasteiger partial charge >= 0.3 is 0 Å². The number of carbonyl (C=O) groups excluding carboxylic acids is 1. The van der Waals surface area contributed by atoms with Crippen LogP contribution < -0.4 is 10.6 Å². The highest BCUT2D eigenvalue weighted by Crippen LogP contribution is 2.23. The van der Waals surface area contributed by atoms with Gasteiger partial charge in [-0.15, -0.1) is 0 Å². The second-order valence-corrected chi connectivity index (χ2v) is 6.48. The largest absolute Gasteiger partial charge is 0.359 e. The van der Waals surface area contributed by atoms with Crippen LogP contribution >= 0.6 is 11.6 Å². The quantitative estimate of drug-likeness (QED) is 0.768. The van der Waals surface area contributed by atoms with Crippen LogP contribution in [0.15, 0.2) is 23.1 Å². The van der Waals surface area contributed by atoms with Crippen molar-refractivity contribution in [2.75, 3.05) is 19.8 Å². The van der Waals surface area contributed by atoms with Crippen LogP contribution in [0.4, 0.5) is 0 Å². The third-order valence-electron chi connectivity index (χ3n) is 2.58. The number of rotatable bonds is 6. The van der Waals surface area contributed by atoms with Gasteiger partial charge in [-0.05, 0) is 12.1 Å². The molecule has 1 aromatic rings. The van der Waals surface area contributed by atoms with Crippen molar-refractivity contribution in [1.29, 1.82) is 0 Å². The maximum Gasteiger partial charge on any atom is 0.221 e. The molecule has 0 aliphatic rings. The molecule has 106 valence electrons. The van der Waals surface area contributed by atoms with Gasteiger partial charge in [0.25, 0.3) is 0 Å². The first-order valence-electron chi connectivity index (χ1n) is 5.75. The molecule has 0 saturated heterocycles. The highest BCUT2D eigenvalue weighted by atomic mass is 35.5. The second kappa shape index (κ2) is 6.88. The van der Waals surface area contributed by atoms with E-state index in [0.717, 1.165) is 6.26 Å². The molecule has 0 heterocycles. The summed E-state index contributed by atoms with van der Waals surface area (Å²) in [7, 11) is -1.75. The van der Waals surface area contributed by atoms with E-state index >= 15 is 0 Å². The summed E-state index contributed by atoms with van der Waals surface area (Å²) in [4.78, 5) is 11.3. The molecule has 0 bridgehead atoms. The monoisotopic (exact) mass is 304 g/mol. The Bertz CT molecular complexity index is 558. The van der Waals surface area contributed by atoms with Crippen molar-refractivity contribution < 1.29 is 13.2 Å². The number of halogens is 1. The van der Waals surface area contributed by atoms with Gasteiger partial charge < -0.3 is 10.6 Å². The summed E-state index contributed by atoms with van der Waals surface area (Å²) < 4.78 is 23.3. The van der Waals surface area contributed by atoms with E-state index in [-0.39, 0.29) is 10.8 Å². The molecule has 1 amide bonds. The van der Waals surface area contributed by atoms with Gasteiger partial charge in [0.1, 0.15) is 0 Å². The lowest BCUT2D eigenvalue weighted by atomic mass is 10.2. The first-order chi connectivity index (χ1) is 8.86. The Morgan fingerprint density at radius 2 is 2.05 bits per heavy atom. The molecular weight excluding hydrogens is 288 g/mol. The Balaban J connectivity index is 2.76. The van der Waals surface area contributed by atoms with Crippen molar-refractivity contribution >= 4 is 27.3 Å². The van der Waals surface area contributed by atoms with Crippen molar-refractivity contribution in [2.45, 2.75) is 17.9 Å². The summed E-state index contributed by atoms with van der Waals surface area (Å²) in [5.74, 6) is -0.0741. The van der Waals surface area contributed by atoms with Crippen LogP contribution in [-0.4, -0.2) is 34.2 Å². The zero-order valence-corrected chi connectivity index (χ0v) is 12.4. The van der Waals surface area contributed by atoms with Gasteiger partial charge in [0.05, 0.1) is 4.90 Å². The van der Waals surface area contributed by atoms with Crippen molar-refractivity contribution in [3.05, 3.63) is 28.8 Å². The summed E-state index contributed by atoms with van der Waals surface area (Å²) in [5, 5.41) is 5.92. The minimum Gasteiger partial charge on any atom is -0.359 e. The van der Waals surface area contributed by atoms with E-state index in [1.165, 1.54) is 6.07 Å². The predicted molar refractivity (Wildman–Crippen MR) is 75.0 cm³/mol. The lowest BCUT2D eigenvalue weighted by Gasteiger charge is -2.11. The maximum absolute atomic E-state index is 11.6. The first kappa shape index (κ1) is 15.9. The zero-order valence-electron chi connectivity index (χ0n) is 10.9. The molecule has 0 fully saturated rings. The summed E-state index contributed by atoms with van der Waals surface area (Å²) in [6, 6.07) is 4.77. The van der Waals surface area contributed by atoms with Gasteiger partial charge in [-0.3, -0.25) is 4.79 Å². The summed E-state index contributed by atoms with van der Waals surface area (Å²) in [5.41, 5.74) is 0.531. The van der Waals surface area contributed by atoms with Gasteiger partial charge in [0.2, 0.25) is 5.91 Å². The van der Waals surface area contributed by atoms with Crippen LogP contribution in [-0.2, 0) is 21.2 Å². The molecule has 0 radical (unpaired) electrons. The molecule has 2 N–H and O–H groups in total. The highest BCUT2D eigenvalue weighted by molar-refractivity contribution is 7.90. The number of hydrogen-bond donors (Lipinski definition) is 2. The number of benzene rings is 1. The number of sulfone groups is 1. The predicted octanol–water partition coefficient (Wildman–Crippen LogP) is 0.969. The van der Waals surface area contributed by atoms with Gasteiger partial charge in [-0.2, -0.15) is 0 Å². The van der Waals surface area contributed by atoms with Gasteiger partial charge in [0.15, 0.2) is 9.84 Å². The van der Waals surface area contributed by atoms with Crippen LogP contribution in [0.25, 0.3) is 0 Å². The maximum atomic E-state index is 11.6. The fourth-order valence-electron chi connectivity index (χ4n) is 1.60. The first-order valence-corrected chi connectivity index (χ1v) is 8.02. The second-order valence-electron chi connectivity index (χ2n) is 4.09. The average Bonchev–Trinajstić information content (AvgIpc) is 2.34. The fraction of sp³-hybridized carbons (Fsp3) is 0.417. The Kier molecular flexibility index (Phi) is 5.78. The summed E-state index contributed by atoms with van der Waals surface area (Å²) in [6.07, 6.45) is 1.47. The molecule has 19 heavy (non-hydrogen) atoms. The third-order valence-corrected chi connectivity index (χ3v) is 4.12. The minimum atomic E-state index is -3.32. The van der Waals surface area contributed by atoms with Crippen LogP contribution in [0.2, 0.25) is 5.02 Å². The van der Waals surface area contributed by atoms with E-state index in [2.05, 4.69) is 10.6 Å². The molecule has 0 saturated carbocycles. The molecule has 1 rings (SSSR count). The molecule has 0 spiro atoms. The molecule has 1 aromatic carbocycles. The Hall–Kier alpha value is -1.11. The summed E-state index contributed by atoms with van der Waals surface area (Å²) >= 11 is 6.02. The Morgan fingerprint density at radius 1 is 1.37 bits per heavy atom. The molecule has 0 atom stereocenters. The third kappa shape index (κ3) is 4.81. The van der Waals surface area contributed by atoms with E-state index < -0.39 is 9.84 Å². The van der Waals surface area contributed by atoms with Crippen molar-refractivity contribution in [3.8, 4) is 0 Å². The van der Waals surface area contributed by atoms with E-state index in [4.69, 9.17) is 11.6 Å². The fourth-order valence-corrected chi connectivity index (χ4v) is 2.85. The highest BCUT2D eigenvalue weighted by Gasteiger charge is 2.15. The lowest BCUT2D eigenvalue weighted by molar-refractivity contribution is -0.120. The molecule has 0 aliphatic heterocycles. The summed E-state index contributed by atoms with van der Waals surface area (Å²) in [6.45, 7) is 0.757. The van der Waals surface area contributed by atoms with E-state index in [1.807, 2.05) is 0 Å². The van der Waals surface area contributed by atoms with E-state index in [0.29, 0.717) is 30.1 Å². The smallest absolute Gasteiger partial charge is 0.221 e. The molecule has 0 aromatic heterocycles. The molecule has 7 heteroatoms. The van der Waals surface area contributed by atoms with Crippen LogP contribution in [0, 0.1) is 0 Å². The number of carbonyl (C=O) groups is 1. The van der Waals surface area contributed by atoms with Gasteiger partial charge in [0, 0.05) is 43.4 Å². The number of amides is 1. The Labute approximate surface area is 118 Å². The molecule has 0 unspecified atom stereocenters. The van der Waals surface area contributed by atoms with Gasteiger partial charge in [-0.1, -0.05) is 17.7 Å². The minimum absolute atomic E-state index is 0.0741. The van der Waals surface area contributed by atoms with Crippen LogP contribution in [0.5, 0.6) is 0 Å². The topological polar surface area (TPSA) is 75.3 Å². The lowest BCUT2D eigenvalue weighted by Crippen LogP contribution is -2.25. The van der Waals surface area contributed by atoms with Crippen molar-refractivity contribution in [2.24, 2.45) is 0 Å². The van der Waals surface area contributed by atoms with Crippen LogP contribution in [0.1, 0.15) is 12.0 Å².